The Bertz CT molecular complexity index is 1260. The third kappa shape index (κ3) is 3.37. The first-order chi connectivity index (χ1) is 12.8. The van der Waals surface area contributed by atoms with E-state index in [1.807, 2.05) is 0 Å². The second-order valence-electron chi connectivity index (χ2n) is 6.41. The zero-order valence-electron chi connectivity index (χ0n) is 14.0. The molecule has 13 heteroatoms. The molecule has 5 N–H and O–H groups in total. The van der Waals surface area contributed by atoms with Crippen molar-refractivity contribution in [2.45, 2.75) is 35.3 Å². The van der Waals surface area contributed by atoms with Gasteiger partial charge in [0.25, 0.3) is 20.2 Å². The smallest absolute Gasteiger partial charge is 0.339 e. The van der Waals surface area contributed by atoms with Crippen LogP contribution >= 0.6 is 0 Å². The van der Waals surface area contributed by atoms with Gasteiger partial charge in [0.05, 0.1) is 12.1 Å². The summed E-state index contributed by atoms with van der Waals surface area (Å²) >= 11 is 0. The molecule has 1 aromatic heterocycles. The molecule has 1 aliphatic rings. The third-order valence-electron chi connectivity index (χ3n) is 4.74. The van der Waals surface area contributed by atoms with Gasteiger partial charge in [0.2, 0.25) is 0 Å². The largest absolute Gasteiger partial charge is 0.481 e. The van der Waals surface area contributed by atoms with E-state index in [0.29, 0.717) is 0 Å². The molecule has 2 aromatic rings. The van der Waals surface area contributed by atoms with E-state index in [9.17, 15) is 35.5 Å². The molecule has 2 unspecified atom stereocenters. The van der Waals surface area contributed by atoms with Crippen LogP contribution < -0.4 is 11.4 Å². The number of carboxylic acid groups (broad SMARTS) is 1. The van der Waals surface area contributed by atoms with Crippen LogP contribution in [0.25, 0.3) is 11.0 Å². The number of hydrogen-bond donors (Lipinski definition) is 4. The topological polar surface area (TPSA) is 202 Å². The highest BCUT2D eigenvalue weighted by atomic mass is 32.2. The Morgan fingerprint density at radius 1 is 1.25 bits per heavy atom. The lowest BCUT2D eigenvalue weighted by atomic mass is 9.93. The molecule has 3 rings (SSSR count). The fourth-order valence-corrected chi connectivity index (χ4v) is 5.48. The van der Waals surface area contributed by atoms with E-state index in [1.54, 1.807) is 0 Å². The standard InChI is InChI=1S/C15H15NO10S2/c16-9-4-3-7-12-6(10(5-11(17)18)27(20,21)22)1-2-8(12)15(19)26-13(7)14(9)28(23,24)25/h3-4,6,10H,1-2,5,16H2,(H,17,18)(H,20,21,22)(H,23,24,25). The Morgan fingerprint density at radius 3 is 2.43 bits per heavy atom. The number of fused-ring (bicyclic) bond motifs is 3. The van der Waals surface area contributed by atoms with Crippen molar-refractivity contribution in [1.82, 2.24) is 0 Å². The van der Waals surface area contributed by atoms with Gasteiger partial charge in [-0.15, -0.1) is 0 Å². The van der Waals surface area contributed by atoms with Crippen molar-refractivity contribution < 1.29 is 40.3 Å². The summed E-state index contributed by atoms with van der Waals surface area (Å²) in [5.74, 6) is -2.59. The predicted octanol–water partition coefficient (Wildman–Crippen LogP) is 0.383. The minimum Gasteiger partial charge on any atom is -0.481 e. The Labute approximate surface area is 158 Å². The first-order valence-corrected chi connectivity index (χ1v) is 10.8. The summed E-state index contributed by atoms with van der Waals surface area (Å²) in [7, 11) is -9.72. The lowest BCUT2D eigenvalue weighted by Crippen LogP contribution is -2.30. The molecular weight excluding hydrogens is 418 g/mol. The summed E-state index contributed by atoms with van der Waals surface area (Å²) in [4.78, 5) is 22.6. The summed E-state index contributed by atoms with van der Waals surface area (Å²) in [6.45, 7) is 0. The summed E-state index contributed by atoms with van der Waals surface area (Å²) < 4.78 is 71.0. The number of carbonyl (C=O) groups is 1. The maximum Gasteiger partial charge on any atom is 0.339 e. The fraction of sp³-hybridized carbons (Fsp3) is 0.333. The first kappa shape index (κ1) is 20.3. The molecule has 11 nitrogen and oxygen atoms in total. The highest BCUT2D eigenvalue weighted by Gasteiger charge is 2.41. The van der Waals surface area contributed by atoms with E-state index in [2.05, 4.69) is 0 Å². The second-order valence-corrected chi connectivity index (χ2v) is 9.41. The molecule has 0 saturated carbocycles. The van der Waals surface area contributed by atoms with Crippen LogP contribution in [0.1, 0.15) is 29.9 Å². The van der Waals surface area contributed by atoms with E-state index >= 15 is 0 Å². The molecule has 0 saturated heterocycles. The maximum absolute atomic E-state index is 12.3. The van der Waals surface area contributed by atoms with Crippen LogP contribution in [0, 0.1) is 0 Å². The lowest BCUT2D eigenvalue weighted by molar-refractivity contribution is -0.137. The van der Waals surface area contributed by atoms with Crippen molar-refractivity contribution in [2.75, 3.05) is 5.73 Å². The van der Waals surface area contributed by atoms with E-state index < -0.39 is 65.6 Å². The molecule has 1 aromatic carbocycles. The number of benzene rings is 1. The van der Waals surface area contributed by atoms with Crippen LogP contribution in [0.2, 0.25) is 0 Å². The average molecular weight is 433 g/mol. The van der Waals surface area contributed by atoms with Gasteiger partial charge in [-0.3, -0.25) is 13.9 Å². The SMILES string of the molecule is Nc1ccc2c3c(c(=O)oc2c1S(=O)(=O)O)CCC3C(CC(=O)O)S(=O)(=O)O. The Balaban J connectivity index is 2.39. The third-order valence-corrected chi connectivity index (χ3v) is 6.94. The summed E-state index contributed by atoms with van der Waals surface area (Å²) in [5.41, 5.74) is 3.75. The number of rotatable bonds is 5. The van der Waals surface area contributed by atoms with Crippen LogP contribution in [-0.4, -0.2) is 42.3 Å². The van der Waals surface area contributed by atoms with Gasteiger partial charge in [-0.25, -0.2) is 4.79 Å². The van der Waals surface area contributed by atoms with Crippen molar-refractivity contribution in [1.29, 1.82) is 0 Å². The van der Waals surface area contributed by atoms with E-state index in [4.69, 9.17) is 15.3 Å². The molecule has 0 fully saturated rings. The van der Waals surface area contributed by atoms with Gasteiger partial charge in [0.15, 0.2) is 10.5 Å². The molecule has 0 bridgehead atoms. The Morgan fingerprint density at radius 2 is 1.89 bits per heavy atom. The molecular formula is C15H15NO10S2. The van der Waals surface area contributed by atoms with Gasteiger partial charge in [-0.05, 0) is 30.5 Å². The molecule has 0 radical (unpaired) electrons. The molecule has 2 atom stereocenters. The molecule has 0 amide bonds. The van der Waals surface area contributed by atoms with E-state index in [0.717, 1.165) is 6.07 Å². The molecule has 1 heterocycles. The highest BCUT2D eigenvalue weighted by Crippen LogP contribution is 2.43. The number of anilines is 1. The van der Waals surface area contributed by atoms with Gasteiger partial charge in [0, 0.05) is 16.9 Å². The Hall–Kier alpha value is -2.48. The normalized spacial score (nSPS) is 18.1. The molecule has 0 spiro atoms. The second kappa shape index (κ2) is 6.55. The van der Waals surface area contributed by atoms with Crippen molar-refractivity contribution >= 4 is 42.9 Å². The van der Waals surface area contributed by atoms with Crippen molar-refractivity contribution in [3.63, 3.8) is 0 Å². The van der Waals surface area contributed by atoms with Crippen LogP contribution in [0.4, 0.5) is 5.69 Å². The van der Waals surface area contributed by atoms with Gasteiger partial charge < -0.3 is 15.3 Å². The zero-order chi connectivity index (χ0) is 21.0. The Kier molecular flexibility index (Phi) is 4.74. The summed E-state index contributed by atoms with van der Waals surface area (Å²) in [5, 5.41) is 7.25. The number of nitrogen functional groups attached to an aromatic ring is 1. The van der Waals surface area contributed by atoms with E-state index in [1.165, 1.54) is 6.07 Å². The van der Waals surface area contributed by atoms with E-state index in [-0.39, 0.29) is 29.4 Å². The van der Waals surface area contributed by atoms with Crippen LogP contribution in [0.15, 0.2) is 26.2 Å². The number of aliphatic carboxylic acids is 1. The number of nitrogens with two attached hydrogens (primary N) is 1. The van der Waals surface area contributed by atoms with Crippen LogP contribution in [-0.2, 0) is 31.5 Å². The zero-order valence-corrected chi connectivity index (χ0v) is 15.7. The van der Waals surface area contributed by atoms with Crippen molar-refractivity contribution in [3.8, 4) is 0 Å². The van der Waals surface area contributed by atoms with Gasteiger partial charge >= 0.3 is 11.6 Å². The van der Waals surface area contributed by atoms with Crippen LogP contribution in [0.3, 0.4) is 0 Å². The summed E-state index contributed by atoms with van der Waals surface area (Å²) in [6.07, 6.45) is -0.872. The predicted molar refractivity (Wildman–Crippen MR) is 95.4 cm³/mol. The van der Waals surface area contributed by atoms with Crippen LogP contribution in [0.5, 0.6) is 0 Å². The fourth-order valence-electron chi connectivity index (χ4n) is 3.69. The van der Waals surface area contributed by atoms with Gasteiger partial charge in [0.1, 0.15) is 5.25 Å². The monoisotopic (exact) mass is 433 g/mol. The molecule has 0 aliphatic heterocycles. The maximum atomic E-state index is 12.3. The highest BCUT2D eigenvalue weighted by molar-refractivity contribution is 7.86. The summed E-state index contributed by atoms with van der Waals surface area (Å²) in [6, 6.07) is 2.40. The number of hydrogen-bond acceptors (Lipinski definition) is 8. The first-order valence-electron chi connectivity index (χ1n) is 7.86. The molecule has 152 valence electrons. The molecule has 28 heavy (non-hydrogen) atoms. The minimum absolute atomic E-state index is 0.0158. The average Bonchev–Trinajstić information content (AvgIpc) is 2.95. The lowest BCUT2D eigenvalue weighted by Gasteiger charge is -2.21. The van der Waals surface area contributed by atoms with Crippen molar-refractivity contribution in [2.24, 2.45) is 0 Å². The molecule has 1 aliphatic carbocycles. The van der Waals surface area contributed by atoms with Gasteiger partial charge in [-0.1, -0.05) is 0 Å². The number of carboxylic acids is 1. The minimum atomic E-state index is -4.90. The van der Waals surface area contributed by atoms with Crippen molar-refractivity contribution in [3.05, 3.63) is 33.7 Å². The van der Waals surface area contributed by atoms with Gasteiger partial charge in [-0.2, -0.15) is 16.8 Å². The quantitative estimate of drug-likeness (QED) is 0.288.